The van der Waals surface area contributed by atoms with Gasteiger partial charge >= 0.3 is 0 Å². The molecule has 0 fully saturated rings. The van der Waals surface area contributed by atoms with Gasteiger partial charge in [-0.2, -0.15) is 0 Å². The van der Waals surface area contributed by atoms with Crippen LogP contribution >= 0.6 is 0 Å². The molecule has 104 valence electrons. The number of hydrogen-bond donors (Lipinski definition) is 2. The summed E-state index contributed by atoms with van der Waals surface area (Å²) in [6.07, 6.45) is 0. The third kappa shape index (κ3) is 5.41. The van der Waals surface area contributed by atoms with Crippen LogP contribution < -0.4 is 4.72 Å². The average Bonchev–Trinajstić information content (AvgIpc) is 2.42. The van der Waals surface area contributed by atoms with E-state index >= 15 is 0 Å². The Balaban J connectivity index is 2.77. The van der Waals surface area contributed by atoms with Crippen molar-refractivity contribution in [2.75, 3.05) is 26.4 Å². The smallest absolute Gasteiger partial charge is 0.240 e. The van der Waals surface area contributed by atoms with Crippen molar-refractivity contribution >= 4 is 10.0 Å². The standard InChI is InChI=1S/C13H17NO4S/c1-2-18-10-8-14-19(16,17)13-7-3-5-12(11-13)6-4-9-15/h3,5,7,11,14-15H,2,8-10H2,1H3. The third-order valence-corrected chi connectivity index (χ3v) is 3.66. The predicted octanol–water partition coefficient (Wildman–Crippen LogP) is 0.345. The minimum atomic E-state index is -3.55. The highest BCUT2D eigenvalue weighted by Crippen LogP contribution is 2.10. The summed E-state index contributed by atoms with van der Waals surface area (Å²) in [6.45, 7) is 2.69. The van der Waals surface area contributed by atoms with E-state index < -0.39 is 10.0 Å². The first-order chi connectivity index (χ1) is 9.10. The first-order valence-corrected chi connectivity index (χ1v) is 7.35. The first kappa shape index (κ1) is 15.7. The fraction of sp³-hybridized carbons (Fsp3) is 0.385. The Morgan fingerprint density at radius 3 is 2.89 bits per heavy atom. The molecule has 1 aromatic rings. The van der Waals surface area contributed by atoms with E-state index in [0.717, 1.165) is 0 Å². The Bertz CT molecular complexity index is 557. The lowest BCUT2D eigenvalue weighted by molar-refractivity contribution is 0.153. The molecule has 19 heavy (non-hydrogen) atoms. The first-order valence-electron chi connectivity index (χ1n) is 5.87. The summed E-state index contributed by atoms with van der Waals surface area (Å²) in [5, 5.41) is 8.61. The van der Waals surface area contributed by atoms with Gasteiger partial charge in [-0.1, -0.05) is 17.9 Å². The van der Waals surface area contributed by atoms with Crippen molar-refractivity contribution in [3.63, 3.8) is 0 Å². The van der Waals surface area contributed by atoms with Gasteiger partial charge in [0.05, 0.1) is 11.5 Å². The second kappa shape index (κ2) is 7.92. The van der Waals surface area contributed by atoms with Gasteiger partial charge in [0.2, 0.25) is 10.0 Å². The van der Waals surface area contributed by atoms with E-state index in [9.17, 15) is 8.42 Å². The molecule has 1 rings (SSSR count). The highest BCUT2D eigenvalue weighted by atomic mass is 32.2. The highest BCUT2D eigenvalue weighted by molar-refractivity contribution is 7.89. The molecule has 0 saturated heterocycles. The van der Waals surface area contributed by atoms with Crippen LogP contribution in [0.15, 0.2) is 29.2 Å². The molecule has 1 aromatic carbocycles. The Morgan fingerprint density at radius 2 is 2.21 bits per heavy atom. The maximum atomic E-state index is 12.0. The van der Waals surface area contributed by atoms with Crippen molar-refractivity contribution in [2.45, 2.75) is 11.8 Å². The second-order valence-corrected chi connectivity index (χ2v) is 5.35. The molecule has 0 atom stereocenters. The van der Waals surface area contributed by atoms with Crippen molar-refractivity contribution in [1.82, 2.24) is 4.72 Å². The molecule has 0 saturated carbocycles. The number of sulfonamides is 1. The number of rotatable bonds is 6. The maximum Gasteiger partial charge on any atom is 0.240 e. The van der Waals surface area contributed by atoms with E-state index in [-0.39, 0.29) is 18.0 Å². The van der Waals surface area contributed by atoms with Crippen LogP contribution in [0.5, 0.6) is 0 Å². The fourth-order valence-electron chi connectivity index (χ4n) is 1.36. The van der Waals surface area contributed by atoms with E-state index in [1.165, 1.54) is 12.1 Å². The van der Waals surface area contributed by atoms with Crippen LogP contribution in [0, 0.1) is 11.8 Å². The average molecular weight is 283 g/mol. The Morgan fingerprint density at radius 1 is 1.42 bits per heavy atom. The number of hydrogen-bond acceptors (Lipinski definition) is 4. The molecule has 0 heterocycles. The molecule has 6 heteroatoms. The van der Waals surface area contributed by atoms with E-state index in [1.54, 1.807) is 12.1 Å². The molecule has 0 aromatic heterocycles. The van der Waals surface area contributed by atoms with Gasteiger partial charge in [0.25, 0.3) is 0 Å². The summed E-state index contributed by atoms with van der Waals surface area (Å²) in [5.74, 6) is 5.14. The minimum Gasteiger partial charge on any atom is -0.384 e. The molecule has 0 unspecified atom stereocenters. The van der Waals surface area contributed by atoms with Gasteiger partial charge in [0.1, 0.15) is 6.61 Å². The zero-order chi connectivity index (χ0) is 14.1. The monoisotopic (exact) mass is 283 g/mol. The SMILES string of the molecule is CCOCCNS(=O)(=O)c1cccc(C#CCO)c1. The zero-order valence-electron chi connectivity index (χ0n) is 10.7. The number of benzene rings is 1. The van der Waals surface area contributed by atoms with E-state index in [2.05, 4.69) is 16.6 Å². The van der Waals surface area contributed by atoms with Crippen LogP contribution in [0.25, 0.3) is 0 Å². The summed E-state index contributed by atoms with van der Waals surface area (Å²) < 4.78 is 31.4. The highest BCUT2D eigenvalue weighted by Gasteiger charge is 2.13. The quantitative estimate of drug-likeness (QED) is 0.583. The van der Waals surface area contributed by atoms with Crippen LogP contribution in [0.4, 0.5) is 0 Å². The van der Waals surface area contributed by atoms with Gasteiger partial charge in [-0.25, -0.2) is 13.1 Å². The number of ether oxygens (including phenoxy) is 1. The molecule has 0 bridgehead atoms. The van der Waals surface area contributed by atoms with Crippen molar-refractivity contribution in [3.8, 4) is 11.8 Å². The van der Waals surface area contributed by atoms with Crippen molar-refractivity contribution in [3.05, 3.63) is 29.8 Å². The second-order valence-electron chi connectivity index (χ2n) is 3.58. The van der Waals surface area contributed by atoms with Crippen molar-refractivity contribution in [1.29, 1.82) is 0 Å². The Hall–Kier alpha value is -1.39. The number of aliphatic hydroxyl groups is 1. The van der Waals surface area contributed by atoms with E-state index in [1.807, 2.05) is 6.92 Å². The lowest BCUT2D eigenvalue weighted by Gasteiger charge is -2.07. The van der Waals surface area contributed by atoms with Gasteiger partial charge in [0, 0.05) is 18.7 Å². The van der Waals surface area contributed by atoms with Gasteiger partial charge < -0.3 is 9.84 Å². The number of nitrogens with one attached hydrogen (secondary N) is 1. The van der Waals surface area contributed by atoms with Crippen molar-refractivity contribution < 1.29 is 18.3 Å². The summed E-state index contributed by atoms with van der Waals surface area (Å²) >= 11 is 0. The van der Waals surface area contributed by atoms with E-state index in [4.69, 9.17) is 9.84 Å². The topological polar surface area (TPSA) is 75.6 Å². The summed E-state index contributed by atoms with van der Waals surface area (Å²) in [7, 11) is -3.55. The zero-order valence-corrected chi connectivity index (χ0v) is 11.5. The fourth-order valence-corrected chi connectivity index (χ4v) is 2.42. The third-order valence-electron chi connectivity index (χ3n) is 2.20. The molecule has 2 N–H and O–H groups in total. The van der Waals surface area contributed by atoms with Crippen LogP contribution in [0.1, 0.15) is 12.5 Å². The van der Waals surface area contributed by atoms with E-state index in [0.29, 0.717) is 18.8 Å². The maximum absolute atomic E-state index is 12.0. The molecule has 0 aliphatic heterocycles. The molecule has 0 radical (unpaired) electrons. The summed E-state index contributed by atoms with van der Waals surface area (Å²) in [4.78, 5) is 0.147. The van der Waals surface area contributed by atoms with Gasteiger partial charge in [-0.05, 0) is 25.1 Å². The van der Waals surface area contributed by atoms with Gasteiger partial charge in [0.15, 0.2) is 0 Å². The van der Waals surface area contributed by atoms with Crippen LogP contribution in [-0.2, 0) is 14.8 Å². The Kier molecular flexibility index (Phi) is 6.53. The molecule has 5 nitrogen and oxygen atoms in total. The van der Waals surface area contributed by atoms with Gasteiger partial charge in [-0.15, -0.1) is 0 Å². The minimum absolute atomic E-state index is 0.147. The molecule has 0 aliphatic rings. The summed E-state index contributed by atoms with van der Waals surface area (Å²) in [5.41, 5.74) is 0.543. The Labute approximate surface area is 113 Å². The van der Waals surface area contributed by atoms with Crippen LogP contribution in [-0.4, -0.2) is 39.9 Å². The summed E-state index contributed by atoms with van der Waals surface area (Å²) in [6, 6.07) is 6.25. The lowest BCUT2D eigenvalue weighted by atomic mass is 10.2. The largest absolute Gasteiger partial charge is 0.384 e. The molecule has 0 amide bonds. The van der Waals surface area contributed by atoms with Crippen molar-refractivity contribution in [2.24, 2.45) is 0 Å². The molecule has 0 aliphatic carbocycles. The molecular formula is C13H17NO4S. The predicted molar refractivity (Wildman–Crippen MR) is 72.1 cm³/mol. The van der Waals surface area contributed by atoms with Gasteiger partial charge in [-0.3, -0.25) is 0 Å². The van der Waals surface area contributed by atoms with Crippen LogP contribution in [0.3, 0.4) is 0 Å². The molecule has 0 spiro atoms. The lowest BCUT2D eigenvalue weighted by Crippen LogP contribution is -2.27. The van der Waals surface area contributed by atoms with Crippen LogP contribution in [0.2, 0.25) is 0 Å². The molecular weight excluding hydrogens is 266 g/mol. The normalized spacial score (nSPS) is 10.8. The number of aliphatic hydroxyl groups excluding tert-OH is 1.